The number of aromatic amines is 1. The van der Waals surface area contributed by atoms with Crippen LogP contribution < -0.4 is 15.0 Å². The van der Waals surface area contributed by atoms with Crippen molar-refractivity contribution in [3.63, 3.8) is 0 Å². The van der Waals surface area contributed by atoms with Gasteiger partial charge in [-0.25, -0.2) is 0 Å². The topological polar surface area (TPSA) is 87.3 Å². The lowest BCUT2D eigenvalue weighted by molar-refractivity contribution is -0.141. The molecule has 0 fully saturated rings. The predicted octanol–water partition coefficient (Wildman–Crippen LogP) is 4.56. The molecule has 2 amide bonds. The Morgan fingerprint density at radius 3 is 2.39 bits per heavy atom. The third-order valence-corrected chi connectivity index (χ3v) is 4.84. The first-order valence-corrected chi connectivity index (χ1v) is 10.3. The number of carbonyl (C=O) groups excluding carboxylic acids is 2. The summed E-state index contributed by atoms with van der Waals surface area (Å²) in [6.45, 7) is 2.23. The van der Waals surface area contributed by atoms with E-state index < -0.39 is 29.2 Å². The molecule has 33 heavy (non-hydrogen) atoms. The zero-order chi connectivity index (χ0) is 24.0. The smallest absolute Gasteiger partial charge is 0.433 e. The monoisotopic (exact) mass is 480 g/mol. The van der Waals surface area contributed by atoms with E-state index in [0.717, 1.165) is 11.1 Å². The normalized spacial score (nSPS) is 11.2. The first-order chi connectivity index (χ1) is 15.7. The number of rotatable bonds is 8. The molecule has 1 heterocycles. The van der Waals surface area contributed by atoms with E-state index in [0.29, 0.717) is 28.6 Å². The molecule has 0 aliphatic heterocycles. The highest BCUT2D eigenvalue weighted by atomic mass is 35.5. The fourth-order valence-corrected chi connectivity index (χ4v) is 3.16. The zero-order valence-electron chi connectivity index (χ0n) is 17.4. The molecular weight excluding hydrogens is 461 g/mol. The third-order valence-electron chi connectivity index (χ3n) is 4.59. The fourth-order valence-electron chi connectivity index (χ4n) is 3.03. The Balaban J connectivity index is 1.75. The molecule has 174 valence electrons. The highest BCUT2D eigenvalue weighted by Crippen LogP contribution is 2.31. The van der Waals surface area contributed by atoms with Gasteiger partial charge in [-0.3, -0.25) is 14.7 Å². The molecule has 2 N–H and O–H groups in total. The van der Waals surface area contributed by atoms with Gasteiger partial charge in [-0.1, -0.05) is 11.6 Å². The van der Waals surface area contributed by atoms with Crippen molar-refractivity contribution in [2.75, 3.05) is 24.6 Å². The van der Waals surface area contributed by atoms with Crippen molar-refractivity contribution in [1.82, 2.24) is 15.5 Å². The van der Waals surface area contributed by atoms with Crippen molar-refractivity contribution in [3.05, 3.63) is 76.6 Å². The first kappa shape index (κ1) is 24.1. The van der Waals surface area contributed by atoms with Crippen molar-refractivity contribution in [3.8, 4) is 5.75 Å². The highest BCUT2D eigenvalue weighted by molar-refractivity contribution is 6.30. The van der Waals surface area contributed by atoms with E-state index in [1.807, 2.05) is 12.0 Å². The van der Waals surface area contributed by atoms with Crippen LogP contribution in [0.25, 0.3) is 0 Å². The van der Waals surface area contributed by atoms with E-state index in [-0.39, 0.29) is 13.1 Å². The summed E-state index contributed by atoms with van der Waals surface area (Å²) in [4.78, 5) is 26.6. The molecule has 0 unspecified atom stereocenters. The number of benzene rings is 2. The molecule has 0 bridgehead atoms. The maximum atomic E-state index is 13.3. The molecule has 3 aromatic rings. The van der Waals surface area contributed by atoms with Crippen LogP contribution in [0.5, 0.6) is 5.75 Å². The van der Waals surface area contributed by atoms with E-state index in [2.05, 4.69) is 10.4 Å². The van der Waals surface area contributed by atoms with Gasteiger partial charge in [0.2, 0.25) is 0 Å². The number of alkyl halides is 3. The molecular formula is C22H20ClF3N4O3. The number of amides is 2. The Hall–Kier alpha value is -3.53. The molecule has 0 radical (unpaired) electrons. The van der Waals surface area contributed by atoms with Gasteiger partial charge in [0.1, 0.15) is 5.75 Å². The van der Waals surface area contributed by atoms with Crippen LogP contribution in [-0.4, -0.2) is 41.7 Å². The van der Waals surface area contributed by atoms with E-state index >= 15 is 0 Å². The molecule has 7 nitrogen and oxygen atoms in total. The number of aromatic nitrogens is 2. The minimum absolute atomic E-state index is 0.0143. The molecule has 0 aliphatic rings. The second-order valence-corrected chi connectivity index (χ2v) is 7.24. The van der Waals surface area contributed by atoms with Crippen molar-refractivity contribution in [2.45, 2.75) is 13.1 Å². The van der Waals surface area contributed by atoms with Gasteiger partial charge in [-0.2, -0.15) is 18.3 Å². The maximum Gasteiger partial charge on any atom is 0.433 e. The van der Waals surface area contributed by atoms with Gasteiger partial charge < -0.3 is 15.0 Å². The van der Waals surface area contributed by atoms with Crippen LogP contribution in [0.3, 0.4) is 0 Å². The van der Waals surface area contributed by atoms with Crippen molar-refractivity contribution >= 4 is 29.1 Å². The van der Waals surface area contributed by atoms with Gasteiger partial charge in [0.25, 0.3) is 11.8 Å². The van der Waals surface area contributed by atoms with Gasteiger partial charge in [-0.05, 0) is 55.5 Å². The standard InChI is InChI=1S/C22H20ClF3N4O3/c1-2-33-17-9-3-14(4-10-17)20(31)27-11-12-30(16-7-5-15(23)6-8-16)21(32)18-13-28-29-19(18)22(24,25)26/h3-10,13H,2,11-12H2,1H3,(H,27,31)(H,28,29). The molecule has 2 aromatic carbocycles. The average molecular weight is 481 g/mol. The summed E-state index contributed by atoms with van der Waals surface area (Å²) in [6, 6.07) is 12.5. The van der Waals surface area contributed by atoms with Crippen molar-refractivity contribution < 1.29 is 27.5 Å². The van der Waals surface area contributed by atoms with Crippen molar-refractivity contribution in [1.29, 1.82) is 0 Å². The van der Waals surface area contributed by atoms with Crippen LogP contribution in [0.1, 0.15) is 33.3 Å². The fraction of sp³-hybridized carbons (Fsp3) is 0.227. The molecule has 0 atom stereocenters. The number of anilines is 1. The minimum atomic E-state index is -4.78. The second-order valence-electron chi connectivity index (χ2n) is 6.80. The Bertz CT molecular complexity index is 1100. The van der Waals surface area contributed by atoms with Crippen LogP contribution in [0, 0.1) is 0 Å². The summed E-state index contributed by atoms with van der Waals surface area (Å²) in [5.74, 6) is -0.705. The molecule has 0 saturated heterocycles. The number of halogens is 4. The summed E-state index contributed by atoms with van der Waals surface area (Å²) >= 11 is 5.89. The van der Waals surface area contributed by atoms with Crippen LogP contribution in [0.4, 0.5) is 18.9 Å². The van der Waals surface area contributed by atoms with Gasteiger partial charge in [0, 0.05) is 29.4 Å². The Kier molecular flexibility index (Phi) is 7.59. The number of nitrogens with zero attached hydrogens (tertiary/aromatic N) is 2. The number of hydrogen-bond donors (Lipinski definition) is 2. The molecule has 3 rings (SSSR count). The molecule has 0 aliphatic carbocycles. The largest absolute Gasteiger partial charge is 0.494 e. The minimum Gasteiger partial charge on any atom is -0.494 e. The molecule has 0 spiro atoms. The highest BCUT2D eigenvalue weighted by Gasteiger charge is 2.38. The second kappa shape index (κ2) is 10.4. The van der Waals surface area contributed by atoms with E-state index in [1.54, 1.807) is 24.3 Å². The quantitative estimate of drug-likeness (QED) is 0.495. The van der Waals surface area contributed by atoms with Crippen LogP contribution >= 0.6 is 11.6 Å². The summed E-state index contributed by atoms with van der Waals surface area (Å²) in [5, 5.41) is 8.26. The summed E-state index contributed by atoms with van der Waals surface area (Å²) < 4.78 is 45.1. The average Bonchev–Trinajstić information content (AvgIpc) is 3.29. The lowest BCUT2D eigenvalue weighted by Gasteiger charge is -2.23. The lowest BCUT2D eigenvalue weighted by atomic mass is 10.2. The lowest BCUT2D eigenvalue weighted by Crippen LogP contribution is -2.39. The van der Waals surface area contributed by atoms with Gasteiger partial charge >= 0.3 is 6.18 Å². The Morgan fingerprint density at radius 1 is 1.12 bits per heavy atom. The predicted molar refractivity (Wildman–Crippen MR) is 117 cm³/mol. The number of carbonyl (C=O) groups is 2. The molecule has 11 heteroatoms. The van der Waals surface area contributed by atoms with Gasteiger partial charge in [0.15, 0.2) is 5.69 Å². The molecule has 1 aromatic heterocycles. The summed E-state index contributed by atoms with van der Waals surface area (Å²) in [7, 11) is 0. The van der Waals surface area contributed by atoms with Crippen molar-refractivity contribution in [2.24, 2.45) is 0 Å². The van der Waals surface area contributed by atoms with E-state index in [9.17, 15) is 22.8 Å². The number of H-pyrrole nitrogens is 1. The maximum absolute atomic E-state index is 13.3. The van der Waals surface area contributed by atoms with E-state index in [4.69, 9.17) is 16.3 Å². The third kappa shape index (κ3) is 6.04. The summed E-state index contributed by atoms with van der Waals surface area (Å²) in [5.41, 5.74) is -1.19. The SMILES string of the molecule is CCOc1ccc(C(=O)NCCN(C(=O)c2cn[nH]c2C(F)(F)F)c2ccc(Cl)cc2)cc1. The summed E-state index contributed by atoms with van der Waals surface area (Å²) in [6.07, 6.45) is -3.96. The molecule has 0 saturated carbocycles. The van der Waals surface area contributed by atoms with Gasteiger partial charge in [-0.15, -0.1) is 0 Å². The van der Waals surface area contributed by atoms with Crippen LogP contribution in [0.2, 0.25) is 5.02 Å². The van der Waals surface area contributed by atoms with E-state index in [1.165, 1.54) is 24.3 Å². The van der Waals surface area contributed by atoms with Gasteiger partial charge in [0.05, 0.1) is 18.4 Å². The first-order valence-electron chi connectivity index (χ1n) is 9.89. The zero-order valence-corrected chi connectivity index (χ0v) is 18.2. The Morgan fingerprint density at radius 2 is 1.79 bits per heavy atom. The Labute approximate surface area is 192 Å². The number of ether oxygens (including phenoxy) is 1. The number of hydrogen-bond acceptors (Lipinski definition) is 4. The van der Waals surface area contributed by atoms with Crippen LogP contribution in [-0.2, 0) is 6.18 Å². The van der Waals surface area contributed by atoms with Crippen LogP contribution in [0.15, 0.2) is 54.7 Å². The number of nitrogens with one attached hydrogen (secondary N) is 2.